The fraction of sp³-hybridized carbons (Fsp3) is 0.526. The third-order valence-corrected chi connectivity index (χ3v) is 4.65. The lowest BCUT2D eigenvalue weighted by Crippen LogP contribution is -2.47. The SMILES string of the molecule is CC(C)[C@H](N)C(=O)NCC(=O)Nc1ccc(C(=O)N2CCN(C)CC2)cc1.Cl.Cl. The molecule has 1 aromatic carbocycles. The molecule has 1 heterocycles. The fourth-order valence-corrected chi connectivity index (χ4v) is 2.68. The van der Waals surface area contributed by atoms with Crippen LogP contribution in [0, 0.1) is 5.92 Å². The normalized spacial score (nSPS) is 15.0. The van der Waals surface area contributed by atoms with Gasteiger partial charge in [-0.15, -0.1) is 24.8 Å². The second-order valence-electron chi connectivity index (χ2n) is 7.21. The number of carbonyl (C=O) groups is 3. The van der Waals surface area contributed by atoms with E-state index in [2.05, 4.69) is 15.5 Å². The predicted molar refractivity (Wildman–Crippen MR) is 119 cm³/mol. The van der Waals surface area contributed by atoms with E-state index < -0.39 is 6.04 Å². The number of likely N-dealkylation sites (N-methyl/N-ethyl adjacent to an activating group) is 1. The molecule has 10 heteroatoms. The number of rotatable bonds is 6. The molecule has 1 saturated heterocycles. The Hall–Kier alpha value is -1.87. The van der Waals surface area contributed by atoms with Crippen LogP contribution in [-0.2, 0) is 9.59 Å². The first-order valence-electron chi connectivity index (χ1n) is 9.19. The van der Waals surface area contributed by atoms with Crippen LogP contribution in [0.3, 0.4) is 0 Å². The van der Waals surface area contributed by atoms with Crippen molar-refractivity contribution in [1.82, 2.24) is 15.1 Å². The molecule has 0 saturated carbocycles. The minimum Gasteiger partial charge on any atom is -0.346 e. The van der Waals surface area contributed by atoms with Crippen molar-refractivity contribution in [2.45, 2.75) is 19.9 Å². The van der Waals surface area contributed by atoms with Crippen LogP contribution in [0.15, 0.2) is 24.3 Å². The van der Waals surface area contributed by atoms with Gasteiger partial charge in [-0.05, 0) is 37.2 Å². The Labute approximate surface area is 184 Å². The maximum absolute atomic E-state index is 12.5. The quantitative estimate of drug-likeness (QED) is 0.601. The molecule has 0 radical (unpaired) electrons. The molecule has 29 heavy (non-hydrogen) atoms. The highest BCUT2D eigenvalue weighted by Crippen LogP contribution is 2.13. The molecule has 8 nitrogen and oxygen atoms in total. The van der Waals surface area contributed by atoms with Gasteiger partial charge in [0.1, 0.15) is 0 Å². The summed E-state index contributed by atoms with van der Waals surface area (Å²) in [6.45, 7) is 6.70. The van der Waals surface area contributed by atoms with E-state index in [4.69, 9.17) is 5.73 Å². The molecule has 1 aromatic rings. The summed E-state index contributed by atoms with van der Waals surface area (Å²) in [5, 5.41) is 5.21. The number of anilines is 1. The molecule has 0 aromatic heterocycles. The number of carbonyl (C=O) groups excluding carboxylic acids is 3. The fourth-order valence-electron chi connectivity index (χ4n) is 2.68. The number of halogens is 2. The number of nitrogens with one attached hydrogen (secondary N) is 2. The standard InChI is InChI=1S/C19H29N5O3.2ClH/c1-13(2)17(20)18(26)21-12-16(25)22-15-6-4-14(5-7-15)19(27)24-10-8-23(3)9-11-24;;/h4-7,13,17H,8-12,20H2,1-3H3,(H,21,26)(H,22,25);2*1H/t17-;;/m0../s1. The van der Waals surface area contributed by atoms with Crippen LogP contribution in [0.5, 0.6) is 0 Å². The third-order valence-electron chi connectivity index (χ3n) is 4.65. The first-order chi connectivity index (χ1) is 12.8. The number of piperazine rings is 1. The summed E-state index contributed by atoms with van der Waals surface area (Å²) in [7, 11) is 2.04. The van der Waals surface area contributed by atoms with E-state index in [1.165, 1.54) is 0 Å². The minimum atomic E-state index is -0.641. The van der Waals surface area contributed by atoms with Gasteiger partial charge >= 0.3 is 0 Å². The molecule has 0 bridgehead atoms. The lowest BCUT2D eigenvalue weighted by atomic mass is 10.1. The molecule has 2 rings (SSSR count). The van der Waals surface area contributed by atoms with Crippen LogP contribution in [-0.4, -0.2) is 73.3 Å². The van der Waals surface area contributed by atoms with Crippen LogP contribution >= 0.6 is 24.8 Å². The lowest BCUT2D eigenvalue weighted by Gasteiger charge is -2.32. The Kier molecular flexibility index (Phi) is 11.8. The van der Waals surface area contributed by atoms with E-state index in [0.29, 0.717) is 24.3 Å². The van der Waals surface area contributed by atoms with Gasteiger partial charge in [-0.1, -0.05) is 13.8 Å². The largest absolute Gasteiger partial charge is 0.346 e. The van der Waals surface area contributed by atoms with Crippen molar-refractivity contribution in [1.29, 1.82) is 0 Å². The van der Waals surface area contributed by atoms with Crippen molar-refractivity contribution in [3.05, 3.63) is 29.8 Å². The lowest BCUT2D eigenvalue weighted by molar-refractivity contribution is -0.125. The highest BCUT2D eigenvalue weighted by molar-refractivity contribution is 5.97. The zero-order chi connectivity index (χ0) is 20.0. The summed E-state index contributed by atoms with van der Waals surface area (Å²) in [6.07, 6.45) is 0. The van der Waals surface area contributed by atoms with Crippen molar-refractivity contribution < 1.29 is 14.4 Å². The molecule has 3 amide bonds. The van der Waals surface area contributed by atoms with Gasteiger partial charge in [-0.3, -0.25) is 14.4 Å². The third kappa shape index (κ3) is 8.18. The van der Waals surface area contributed by atoms with Crippen LogP contribution in [0.2, 0.25) is 0 Å². The van der Waals surface area contributed by atoms with Gasteiger partial charge in [-0.2, -0.15) is 0 Å². The number of benzene rings is 1. The van der Waals surface area contributed by atoms with Crippen molar-refractivity contribution in [3.8, 4) is 0 Å². The average molecular weight is 448 g/mol. The first-order valence-corrected chi connectivity index (χ1v) is 9.19. The zero-order valence-corrected chi connectivity index (χ0v) is 18.6. The number of hydrogen-bond donors (Lipinski definition) is 3. The molecule has 4 N–H and O–H groups in total. The molecular weight excluding hydrogens is 417 g/mol. The summed E-state index contributed by atoms with van der Waals surface area (Å²) >= 11 is 0. The van der Waals surface area contributed by atoms with Gasteiger partial charge in [-0.25, -0.2) is 0 Å². The van der Waals surface area contributed by atoms with Gasteiger partial charge in [0, 0.05) is 37.4 Å². The van der Waals surface area contributed by atoms with Gasteiger partial charge < -0.3 is 26.2 Å². The Bertz CT molecular complexity index is 677. The monoisotopic (exact) mass is 447 g/mol. The maximum Gasteiger partial charge on any atom is 0.253 e. The van der Waals surface area contributed by atoms with E-state index in [0.717, 1.165) is 13.1 Å². The minimum absolute atomic E-state index is 0. The van der Waals surface area contributed by atoms with Crippen molar-refractivity contribution in [3.63, 3.8) is 0 Å². The molecular formula is C19H31Cl2N5O3. The molecule has 1 aliphatic rings. The van der Waals surface area contributed by atoms with E-state index in [1.807, 2.05) is 25.8 Å². The van der Waals surface area contributed by atoms with E-state index in [1.54, 1.807) is 24.3 Å². The van der Waals surface area contributed by atoms with Crippen LogP contribution < -0.4 is 16.4 Å². The van der Waals surface area contributed by atoms with Gasteiger partial charge in [0.05, 0.1) is 12.6 Å². The van der Waals surface area contributed by atoms with Gasteiger partial charge in [0.15, 0.2) is 0 Å². The molecule has 0 spiro atoms. The number of amides is 3. The second kappa shape index (κ2) is 12.6. The molecule has 1 aliphatic heterocycles. The molecule has 1 atom stereocenters. The van der Waals surface area contributed by atoms with Gasteiger partial charge in [0.2, 0.25) is 11.8 Å². The first kappa shape index (κ1) is 27.1. The van der Waals surface area contributed by atoms with E-state index >= 15 is 0 Å². The summed E-state index contributed by atoms with van der Waals surface area (Å²) in [6, 6.07) is 6.12. The zero-order valence-electron chi connectivity index (χ0n) is 17.0. The highest BCUT2D eigenvalue weighted by Gasteiger charge is 2.20. The Morgan fingerprint density at radius 2 is 1.59 bits per heavy atom. The van der Waals surface area contributed by atoms with Crippen molar-refractivity contribution in [2.24, 2.45) is 11.7 Å². The number of nitrogens with zero attached hydrogens (tertiary/aromatic N) is 2. The Morgan fingerprint density at radius 1 is 1.03 bits per heavy atom. The van der Waals surface area contributed by atoms with Crippen LogP contribution in [0.25, 0.3) is 0 Å². The second-order valence-corrected chi connectivity index (χ2v) is 7.21. The predicted octanol–water partition coefficient (Wildman–Crippen LogP) is 0.956. The van der Waals surface area contributed by atoms with E-state index in [-0.39, 0.29) is 55.0 Å². The number of nitrogens with two attached hydrogens (primary N) is 1. The van der Waals surface area contributed by atoms with Gasteiger partial charge in [0.25, 0.3) is 5.91 Å². The molecule has 164 valence electrons. The average Bonchev–Trinajstić information content (AvgIpc) is 2.66. The summed E-state index contributed by atoms with van der Waals surface area (Å²) in [5.74, 6) is -0.708. The van der Waals surface area contributed by atoms with Crippen LogP contribution in [0.4, 0.5) is 5.69 Å². The smallest absolute Gasteiger partial charge is 0.253 e. The highest BCUT2D eigenvalue weighted by atomic mass is 35.5. The summed E-state index contributed by atoms with van der Waals surface area (Å²) in [4.78, 5) is 40.3. The van der Waals surface area contributed by atoms with E-state index in [9.17, 15) is 14.4 Å². The molecule has 1 fully saturated rings. The molecule has 0 aliphatic carbocycles. The maximum atomic E-state index is 12.5. The summed E-state index contributed by atoms with van der Waals surface area (Å²) < 4.78 is 0. The Morgan fingerprint density at radius 3 is 2.10 bits per heavy atom. The Balaban J connectivity index is 0.00000392. The van der Waals surface area contributed by atoms with Crippen molar-refractivity contribution >= 4 is 48.2 Å². The molecule has 0 unspecified atom stereocenters. The topological polar surface area (TPSA) is 108 Å². The van der Waals surface area contributed by atoms with Crippen LogP contribution in [0.1, 0.15) is 24.2 Å². The number of hydrogen-bond acceptors (Lipinski definition) is 5. The van der Waals surface area contributed by atoms with Crippen molar-refractivity contribution in [2.75, 3.05) is 45.1 Å². The summed E-state index contributed by atoms with van der Waals surface area (Å²) in [5.41, 5.74) is 6.89.